The number of rotatable bonds is 23. The number of phosphoric acid groups is 1. The van der Waals surface area contributed by atoms with Gasteiger partial charge in [0.2, 0.25) is 0 Å². The minimum Gasteiger partial charge on any atom is -0.487 e. The fourth-order valence-electron chi connectivity index (χ4n) is 4.03. The lowest BCUT2D eigenvalue weighted by atomic mass is 10.1. The highest BCUT2D eigenvalue weighted by molar-refractivity contribution is 7.46. The largest absolute Gasteiger partial charge is 0.487 e. The number of fused-ring (bicyclic) bond motifs is 1. The molecule has 9 heteroatoms. The molecule has 0 aliphatic rings. The molecule has 1 atom stereocenters. The van der Waals surface area contributed by atoms with Crippen LogP contribution in [0.5, 0.6) is 5.75 Å². The normalized spacial score (nSPS) is 12.7. The van der Waals surface area contributed by atoms with Crippen LogP contribution >= 0.6 is 7.82 Å². The van der Waals surface area contributed by atoms with Crippen LogP contribution in [0, 0.1) is 0 Å². The van der Waals surface area contributed by atoms with E-state index in [0.29, 0.717) is 33.0 Å². The van der Waals surface area contributed by atoms with E-state index in [1.165, 1.54) is 44.9 Å². The van der Waals surface area contributed by atoms with Crippen molar-refractivity contribution in [1.82, 2.24) is 0 Å². The quantitative estimate of drug-likeness (QED) is 0.125. The molecule has 210 valence electrons. The van der Waals surface area contributed by atoms with Gasteiger partial charge in [0.05, 0.1) is 46.2 Å². The lowest BCUT2D eigenvalue weighted by Gasteiger charge is -2.20. The molecule has 1 unspecified atom stereocenters. The second kappa shape index (κ2) is 19.5. The Labute approximate surface area is 221 Å². The van der Waals surface area contributed by atoms with Crippen molar-refractivity contribution < 1.29 is 37.8 Å². The van der Waals surface area contributed by atoms with E-state index in [2.05, 4.69) is 29.6 Å². The Kier molecular flexibility index (Phi) is 16.7. The van der Waals surface area contributed by atoms with Crippen LogP contribution in [0.2, 0.25) is 0 Å². The van der Waals surface area contributed by atoms with Gasteiger partial charge in [0.25, 0.3) is 0 Å². The summed E-state index contributed by atoms with van der Waals surface area (Å²) in [5.74, 6) is 0.891. The van der Waals surface area contributed by atoms with Crippen molar-refractivity contribution in [1.29, 1.82) is 0 Å². The van der Waals surface area contributed by atoms with Crippen molar-refractivity contribution in [3.63, 3.8) is 0 Å². The topological polar surface area (TPSA) is 104 Å². The van der Waals surface area contributed by atoms with Crippen LogP contribution < -0.4 is 4.74 Å². The standard InChI is InChI=1S/C28H45O8P/c1-2-3-4-5-6-7-8-9-15-26(36-28-17-12-14-25-13-10-11-16-27(25)28)24-34-21-20-32-18-19-33-22-23-35-37(29,30)31/h10-14,16-17,26H,2-9,15,18-24H2,1H3,(H2,29,30,31). The highest BCUT2D eigenvalue weighted by Gasteiger charge is 2.14. The van der Waals surface area contributed by atoms with Crippen molar-refractivity contribution in [3.8, 4) is 5.75 Å². The van der Waals surface area contributed by atoms with Crippen LogP contribution in [-0.2, 0) is 23.3 Å². The Morgan fingerprint density at radius 1 is 0.730 bits per heavy atom. The summed E-state index contributed by atoms with van der Waals surface area (Å²) in [5, 5.41) is 2.27. The summed E-state index contributed by atoms with van der Waals surface area (Å²) >= 11 is 0. The van der Waals surface area contributed by atoms with Crippen LogP contribution in [0.25, 0.3) is 10.8 Å². The third-order valence-corrected chi connectivity index (χ3v) is 6.48. The lowest BCUT2D eigenvalue weighted by molar-refractivity contribution is -0.00935. The Hall–Kier alpha value is -1.51. The molecule has 0 heterocycles. The Bertz CT molecular complexity index is 882. The highest BCUT2D eigenvalue weighted by atomic mass is 31.2. The van der Waals surface area contributed by atoms with Crippen LogP contribution in [0.4, 0.5) is 0 Å². The van der Waals surface area contributed by atoms with Gasteiger partial charge in [-0.05, 0) is 24.3 Å². The highest BCUT2D eigenvalue weighted by Crippen LogP contribution is 2.35. The summed E-state index contributed by atoms with van der Waals surface area (Å²) in [6.45, 7) is 4.25. The molecule has 8 nitrogen and oxygen atoms in total. The van der Waals surface area contributed by atoms with Crippen molar-refractivity contribution in [3.05, 3.63) is 42.5 Å². The number of phosphoric ester groups is 1. The number of ether oxygens (including phenoxy) is 4. The molecule has 0 saturated carbocycles. The molecule has 0 aliphatic carbocycles. The van der Waals surface area contributed by atoms with Crippen molar-refractivity contribution >= 4 is 18.6 Å². The summed E-state index contributed by atoms with van der Waals surface area (Å²) < 4.78 is 37.9. The Morgan fingerprint density at radius 3 is 2.03 bits per heavy atom. The second-order valence-corrected chi connectivity index (χ2v) is 10.3. The Morgan fingerprint density at radius 2 is 1.32 bits per heavy atom. The summed E-state index contributed by atoms with van der Waals surface area (Å²) in [5.41, 5.74) is 0. The number of unbranched alkanes of at least 4 members (excludes halogenated alkanes) is 7. The molecule has 2 N–H and O–H groups in total. The van der Waals surface area contributed by atoms with Gasteiger partial charge >= 0.3 is 7.82 Å². The predicted molar refractivity (Wildman–Crippen MR) is 146 cm³/mol. The fraction of sp³-hybridized carbons (Fsp3) is 0.643. The zero-order chi connectivity index (χ0) is 26.6. The van der Waals surface area contributed by atoms with Crippen LogP contribution in [0.3, 0.4) is 0 Å². The maximum atomic E-state index is 10.6. The van der Waals surface area contributed by atoms with Crippen molar-refractivity contribution in [2.75, 3.05) is 46.2 Å². The first-order chi connectivity index (χ1) is 18.0. The van der Waals surface area contributed by atoms with Crippen LogP contribution in [-0.4, -0.2) is 62.1 Å². The molecule has 0 aliphatic heterocycles. The minimum absolute atomic E-state index is 0.0248. The molecule has 0 amide bonds. The van der Waals surface area contributed by atoms with Crippen LogP contribution in [0.1, 0.15) is 64.7 Å². The smallest absolute Gasteiger partial charge is 0.469 e. The van der Waals surface area contributed by atoms with Gasteiger partial charge in [-0.1, -0.05) is 88.3 Å². The Balaban J connectivity index is 1.68. The second-order valence-electron chi connectivity index (χ2n) is 9.10. The maximum Gasteiger partial charge on any atom is 0.469 e. The van der Waals surface area contributed by atoms with Crippen LogP contribution in [0.15, 0.2) is 42.5 Å². The molecule has 0 aromatic heterocycles. The van der Waals surface area contributed by atoms with Gasteiger partial charge in [-0.3, -0.25) is 4.52 Å². The van der Waals surface area contributed by atoms with Gasteiger partial charge in [0.1, 0.15) is 11.9 Å². The molecular formula is C28H45O8P. The lowest BCUT2D eigenvalue weighted by Crippen LogP contribution is -2.24. The van der Waals surface area contributed by atoms with Gasteiger partial charge in [0, 0.05) is 5.39 Å². The van der Waals surface area contributed by atoms with Crippen molar-refractivity contribution in [2.24, 2.45) is 0 Å². The van der Waals surface area contributed by atoms with E-state index in [0.717, 1.165) is 29.4 Å². The molecule has 0 radical (unpaired) electrons. The molecule has 0 saturated heterocycles. The van der Waals surface area contributed by atoms with Crippen molar-refractivity contribution in [2.45, 2.75) is 70.8 Å². The summed E-state index contributed by atoms with van der Waals surface area (Å²) in [4.78, 5) is 17.2. The molecule has 37 heavy (non-hydrogen) atoms. The van der Waals surface area contributed by atoms with E-state index in [9.17, 15) is 4.57 Å². The molecule has 0 spiro atoms. The monoisotopic (exact) mass is 540 g/mol. The first kappa shape index (κ1) is 31.7. The van der Waals surface area contributed by atoms with Gasteiger partial charge < -0.3 is 28.7 Å². The summed E-state index contributed by atoms with van der Waals surface area (Å²) in [7, 11) is -4.44. The van der Waals surface area contributed by atoms with E-state index in [1.54, 1.807) is 0 Å². The zero-order valence-electron chi connectivity index (χ0n) is 22.2. The summed E-state index contributed by atoms with van der Waals surface area (Å²) in [6.07, 6.45) is 11.1. The van der Waals surface area contributed by atoms with Gasteiger partial charge in [0.15, 0.2) is 0 Å². The third kappa shape index (κ3) is 15.5. The number of hydrogen-bond acceptors (Lipinski definition) is 6. The van der Waals surface area contributed by atoms with E-state index < -0.39 is 7.82 Å². The molecule has 2 aromatic carbocycles. The minimum atomic E-state index is -4.44. The molecule has 2 aromatic rings. The third-order valence-electron chi connectivity index (χ3n) is 5.96. The summed E-state index contributed by atoms with van der Waals surface area (Å²) in [6, 6.07) is 14.4. The number of benzene rings is 2. The van der Waals surface area contributed by atoms with Gasteiger partial charge in [-0.15, -0.1) is 0 Å². The SMILES string of the molecule is CCCCCCCCCCC(COCCOCCOCCOP(=O)(O)O)Oc1cccc2ccccc12. The molecule has 0 fully saturated rings. The molecule has 2 rings (SSSR count). The predicted octanol–water partition coefficient (Wildman–Crippen LogP) is 6.28. The van der Waals surface area contributed by atoms with E-state index in [1.807, 2.05) is 24.3 Å². The zero-order valence-corrected chi connectivity index (χ0v) is 23.1. The van der Waals surface area contributed by atoms with E-state index >= 15 is 0 Å². The fourth-order valence-corrected chi connectivity index (χ4v) is 4.34. The van der Waals surface area contributed by atoms with E-state index in [-0.39, 0.29) is 19.3 Å². The first-order valence-electron chi connectivity index (χ1n) is 13.6. The average molecular weight is 541 g/mol. The maximum absolute atomic E-state index is 10.6. The number of hydrogen-bond donors (Lipinski definition) is 2. The average Bonchev–Trinajstić information content (AvgIpc) is 2.88. The first-order valence-corrected chi connectivity index (χ1v) is 15.1. The van der Waals surface area contributed by atoms with E-state index in [4.69, 9.17) is 28.7 Å². The molecule has 0 bridgehead atoms. The van der Waals surface area contributed by atoms with Gasteiger partial charge in [-0.2, -0.15) is 0 Å². The molecular weight excluding hydrogens is 495 g/mol. The van der Waals surface area contributed by atoms with Gasteiger partial charge in [-0.25, -0.2) is 4.57 Å².